The number of amides is 2. The molecule has 2 rings (SSSR count). The number of anilines is 1. The van der Waals surface area contributed by atoms with Gasteiger partial charge in [0.25, 0.3) is 0 Å². The van der Waals surface area contributed by atoms with E-state index in [4.69, 9.17) is 0 Å². The van der Waals surface area contributed by atoms with E-state index in [0.717, 1.165) is 25.0 Å². The van der Waals surface area contributed by atoms with Crippen molar-refractivity contribution < 1.29 is 18.4 Å². The summed E-state index contributed by atoms with van der Waals surface area (Å²) in [4.78, 5) is 24.6. The van der Waals surface area contributed by atoms with E-state index in [9.17, 15) is 18.4 Å². The summed E-state index contributed by atoms with van der Waals surface area (Å²) < 4.78 is 25.7. The van der Waals surface area contributed by atoms with Crippen molar-refractivity contribution >= 4 is 17.5 Å². The van der Waals surface area contributed by atoms with Crippen molar-refractivity contribution in [3.8, 4) is 0 Å². The van der Waals surface area contributed by atoms with E-state index in [1.165, 1.54) is 17.9 Å². The Hall–Kier alpha value is -1.98. The summed E-state index contributed by atoms with van der Waals surface area (Å²) in [5.41, 5.74) is 0.170. The molecule has 0 radical (unpaired) electrons. The van der Waals surface area contributed by atoms with Crippen LogP contribution in [0.1, 0.15) is 19.8 Å². The first-order chi connectivity index (χ1) is 8.97. The molecule has 6 heteroatoms. The average Bonchev–Trinajstić information content (AvgIpc) is 3.14. The Morgan fingerprint density at radius 3 is 2.53 bits per heavy atom. The second-order valence-electron chi connectivity index (χ2n) is 4.56. The van der Waals surface area contributed by atoms with Gasteiger partial charge < -0.3 is 10.2 Å². The fourth-order valence-electron chi connectivity index (χ4n) is 1.81. The molecule has 0 heterocycles. The Bertz CT molecular complexity index is 515. The first-order valence-corrected chi connectivity index (χ1v) is 5.99. The topological polar surface area (TPSA) is 49.4 Å². The molecule has 0 aliphatic heterocycles. The summed E-state index contributed by atoms with van der Waals surface area (Å²) in [6, 6.07) is 3.25. The lowest BCUT2D eigenvalue weighted by molar-refractivity contribution is -0.133. The third-order valence-corrected chi connectivity index (χ3v) is 2.91. The molecule has 1 aromatic carbocycles. The highest BCUT2D eigenvalue weighted by atomic mass is 19.2. The van der Waals surface area contributed by atoms with Crippen molar-refractivity contribution in [1.82, 2.24) is 4.90 Å². The number of carbonyl (C=O) groups excluding carboxylic acids is 2. The molecule has 102 valence electrons. The van der Waals surface area contributed by atoms with Crippen LogP contribution in [0.2, 0.25) is 0 Å². The number of halogens is 2. The van der Waals surface area contributed by atoms with Crippen LogP contribution in [0.25, 0.3) is 0 Å². The van der Waals surface area contributed by atoms with Gasteiger partial charge in [-0.2, -0.15) is 0 Å². The van der Waals surface area contributed by atoms with Gasteiger partial charge in [0.15, 0.2) is 11.6 Å². The predicted octanol–water partition coefficient (Wildman–Crippen LogP) is 1.91. The average molecular weight is 268 g/mol. The number of benzene rings is 1. The zero-order chi connectivity index (χ0) is 14.0. The maximum absolute atomic E-state index is 13.0. The standard InChI is InChI=1S/C13H14F2N2O2/c1-8(18)17(10-3-4-10)7-13(19)16-9-2-5-11(14)12(15)6-9/h2,5-6,10H,3-4,7H2,1H3,(H,16,19). The van der Waals surface area contributed by atoms with Crippen LogP contribution in [0.15, 0.2) is 18.2 Å². The second kappa shape index (κ2) is 5.34. The molecule has 1 N–H and O–H groups in total. The number of rotatable bonds is 4. The Balaban J connectivity index is 1.96. The van der Waals surface area contributed by atoms with E-state index in [1.807, 2.05) is 0 Å². The molecule has 0 atom stereocenters. The normalized spacial score (nSPS) is 14.1. The number of hydrogen-bond donors (Lipinski definition) is 1. The molecule has 1 aromatic rings. The Morgan fingerprint density at radius 2 is 2.00 bits per heavy atom. The van der Waals surface area contributed by atoms with Crippen LogP contribution in [0.5, 0.6) is 0 Å². The van der Waals surface area contributed by atoms with Crippen LogP contribution in [0, 0.1) is 11.6 Å². The lowest BCUT2D eigenvalue weighted by atomic mass is 10.3. The van der Waals surface area contributed by atoms with Gasteiger partial charge in [-0.15, -0.1) is 0 Å². The minimum absolute atomic E-state index is 0.0704. The summed E-state index contributed by atoms with van der Waals surface area (Å²) >= 11 is 0. The highest BCUT2D eigenvalue weighted by molar-refractivity contribution is 5.94. The van der Waals surface area contributed by atoms with Crippen molar-refractivity contribution in [2.24, 2.45) is 0 Å². The molecule has 0 aromatic heterocycles. The van der Waals surface area contributed by atoms with Gasteiger partial charge in [0, 0.05) is 24.7 Å². The fraction of sp³-hybridized carbons (Fsp3) is 0.385. The molecule has 1 fully saturated rings. The molecule has 4 nitrogen and oxygen atoms in total. The third kappa shape index (κ3) is 3.49. The highest BCUT2D eigenvalue weighted by Gasteiger charge is 2.32. The van der Waals surface area contributed by atoms with Crippen LogP contribution >= 0.6 is 0 Å². The van der Waals surface area contributed by atoms with Gasteiger partial charge in [0.2, 0.25) is 11.8 Å². The second-order valence-corrected chi connectivity index (χ2v) is 4.56. The number of nitrogens with zero attached hydrogens (tertiary/aromatic N) is 1. The molecule has 1 saturated carbocycles. The third-order valence-electron chi connectivity index (χ3n) is 2.91. The Kier molecular flexibility index (Phi) is 3.78. The van der Waals surface area contributed by atoms with Crippen molar-refractivity contribution in [2.45, 2.75) is 25.8 Å². The van der Waals surface area contributed by atoms with Crippen LogP contribution in [0.3, 0.4) is 0 Å². The molecule has 19 heavy (non-hydrogen) atoms. The van der Waals surface area contributed by atoms with Crippen LogP contribution in [-0.4, -0.2) is 29.3 Å². The minimum atomic E-state index is -1.02. The first kappa shape index (κ1) is 13.5. The first-order valence-electron chi connectivity index (χ1n) is 5.99. The van der Waals surface area contributed by atoms with E-state index in [2.05, 4.69) is 5.32 Å². The van der Waals surface area contributed by atoms with E-state index in [-0.39, 0.29) is 24.2 Å². The zero-order valence-corrected chi connectivity index (χ0v) is 10.5. The van der Waals surface area contributed by atoms with E-state index in [0.29, 0.717) is 0 Å². The molecule has 1 aliphatic carbocycles. The molecular formula is C13H14F2N2O2. The number of hydrogen-bond acceptors (Lipinski definition) is 2. The number of carbonyl (C=O) groups is 2. The molecule has 0 spiro atoms. The van der Waals surface area contributed by atoms with Gasteiger partial charge in [0.1, 0.15) is 6.54 Å². The van der Waals surface area contributed by atoms with Gasteiger partial charge in [0.05, 0.1) is 0 Å². The molecule has 0 unspecified atom stereocenters. The summed E-state index contributed by atoms with van der Waals surface area (Å²) in [5.74, 6) is -2.58. The summed E-state index contributed by atoms with van der Waals surface area (Å²) in [7, 11) is 0. The van der Waals surface area contributed by atoms with Crippen molar-refractivity contribution in [3.63, 3.8) is 0 Å². The van der Waals surface area contributed by atoms with Gasteiger partial charge in [-0.05, 0) is 25.0 Å². The molecule has 1 aliphatic rings. The number of nitrogens with one attached hydrogen (secondary N) is 1. The SMILES string of the molecule is CC(=O)N(CC(=O)Nc1ccc(F)c(F)c1)C1CC1. The van der Waals surface area contributed by atoms with Gasteiger partial charge in [-0.1, -0.05) is 0 Å². The molecule has 0 saturated heterocycles. The summed E-state index contributed by atoms with van der Waals surface area (Å²) in [6.45, 7) is 1.34. The van der Waals surface area contributed by atoms with E-state index >= 15 is 0 Å². The molecule has 0 bridgehead atoms. The van der Waals surface area contributed by atoms with Crippen molar-refractivity contribution in [2.75, 3.05) is 11.9 Å². The van der Waals surface area contributed by atoms with Gasteiger partial charge in [-0.25, -0.2) is 8.78 Å². The zero-order valence-electron chi connectivity index (χ0n) is 10.5. The fourth-order valence-corrected chi connectivity index (χ4v) is 1.81. The summed E-state index contributed by atoms with van der Waals surface area (Å²) in [6.07, 6.45) is 1.80. The lowest BCUT2D eigenvalue weighted by Crippen LogP contribution is -2.38. The van der Waals surface area contributed by atoms with Crippen LogP contribution < -0.4 is 5.32 Å². The summed E-state index contributed by atoms with van der Waals surface area (Å²) in [5, 5.41) is 2.44. The van der Waals surface area contributed by atoms with Gasteiger partial charge in [-0.3, -0.25) is 9.59 Å². The molecular weight excluding hydrogens is 254 g/mol. The van der Waals surface area contributed by atoms with Crippen molar-refractivity contribution in [1.29, 1.82) is 0 Å². The van der Waals surface area contributed by atoms with Gasteiger partial charge >= 0.3 is 0 Å². The Morgan fingerprint density at radius 1 is 1.32 bits per heavy atom. The maximum atomic E-state index is 13.0. The highest BCUT2D eigenvalue weighted by Crippen LogP contribution is 2.26. The predicted molar refractivity (Wildman–Crippen MR) is 65.4 cm³/mol. The van der Waals surface area contributed by atoms with E-state index in [1.54, 1.807) is 0 Å². The lowest BCUT2D eigenvalue weighted by Gasteiger charge is -2.19. The largest absolute Gasteiger partial charge is 0.331 e. The minimum Gasteiger partial charge on any atom is -0.331 e. The van der Waals surface area contributed by atoms with Crippen LogP contribution in [-0.2, 0) is 9.59 Å². The quantitative estimate of drug-likeness (QED) is 0.907. The van der Waals surface area contributed by atoms with Crippen LogP contribution in [0.4, 0.5) is 14.5 Å². The van der Waals surface area contributed by atoms with E-state index < -0.39 is 17.5 Å². The molecule has 2 amide bonds. The maximum Gasteiger partial charge on any atom is 0.244 e. The monoisotopic (exact) mass is 268 g/mol. The Labute approximate surface area is 109 Å². The van der Waals surface area contributed by atoms with Crippen molar-refractivity contribution in [3.05, 3.63) is 29.8 Å². The smallest absolute Gasteiger partial charge is 0.244 e.